The Hall–Kier alpha value is -0.700. The number of esters is 2. The molecule has 0 radical (unpaired) electrons. The number of methoxy groups -OCH3 is 2. The molecule has 0 unspecified atom stereocenters. The molecule has 6 nitrogen and oxygen atoms in total. The Balaban J connectivity index is 0.000000342. The van der Waals surface area contributed by atoms with E-state index in [1.807, 2.05) is 36.4 Å². The van der Waals surface area contributed by atoms with Gasteiger partial charge in [0, 0.05) is 46.6 Å². The van der Waals surface area contributed by atoms with Crippen molar-refractivity contribution in [1.82, 2.24) is 0 Å². The molecule has 0 spiro atoms. The highest BCUT2D eigenvalue weighted by atomic mass is 127. The number of carbonyl (C=O) groups excluding carboxylic acids is 2. The first kappa shape index (κ1) is 41.3. The number of hydrogen-bond donors (Lipinski definition) is 2. The van der Waals surface area contributed by atoms with Gasteiger partial charge in [-0.2, -0.15) is 0 Å². The van der Waals surface area contributed by atoms with Crippen molar-refractivity contribution in [3.8, 4) is 0 Å². The van der Waals surface area contributed by atoms with Crippen LogP contribution in [0.2, 0.25) is 15.1 Å². The van der Waals surface area contributed by atoms with E-state index in [-0.39, 0.29) is 25.2 Å². The summed E-state index contributed by atoms with van der Waals surface area (Å²) >= 11 is 26.6. The molecule has 0 heterocycles. The number of alkyl halides is 1. The summed E-state index contributed by atoms with van der Waals surface area (Å²) in [6.07, 6.45) is 2.50. The summed E-state index contributed by atoms with van der Waals surface area (Å²) in [6.45, 7) is -0.0505. The zero-order valence-electron chi connectivity index (χ0n) is 24.3. The van der Waals surface area contributed by atoms with E-state index in [4.69, 9.17) is 45.0 Å². The lowest BCUT2D eigenvalue weighted by Crippen LogP contribution is -2.00. The summed E-state index contributed by atoms with van der Waals surface area (Å²) in [6, 6.07) is 17.1. The molecule has 3 rings (SSSR count). The number of aliphatic hydroxyl groups excluding tert-OH is 2. The topological polar surface area (TPSA) is 93.1 Å². The van der Waals surface area contributed by atoms with Crippen LogP contribution in [0.5, 0.6) is 0 Å². The lowest BCUT2D eigenvalue weighted by Gasteiger charge is -2.05. The molecule has 2 N–H and O–H groups in total. The minimum absolute atomic E-state index is 0.00960. The highest BCUT2D eigenvalue weighted by molar-refractivity contribution is 14.1. The Morgan fingerprint density at radius 2 is 1.14 bits per heavy atom. The predicted molar refractivity (Wildman–Crippen MR) is 195 cm³/mol. The maximum Gasteiger partial charge on any atom is 0.305 e. The van der Waals surface area contributed by atoms with E-state index in [1.54, 1.807) is 35.7 Å². The summed E-state index contributed by atoms with van der Waals surface area (Å²) in [4.78, 5) is 24.0. The number of aliphatic hydroxyl groups is 2. The van der Waals surface area contributed by atoms with Gasteiger partial charge in [-0.3, -0.25) is 9.59 Å². The molecule has 242 valence electrons. The Kier molecular flexibility index (Phi) is 23.0. The zero-order valence-corrected chi connectivity index (χ0v) is 31.9. The van der Waals surface area contributed by atoms with E-state index in [2.05, 4.69) is 54.1 Å². The summed E-state index contributed by atoms with van der Waals surface area (Å²) in [5, 5.41) is 20.6. The lowest BCUT2D eigenvalue weighted by atomic mass is 10.2. The van der Waals surface area contributed by atoms with Crippen molar-refractivity contribution in [2.24, 2.45) is 0 Å². The highest BCUT2D eigenvalue weighted by Crippen LogP contribution is 2.27. The summed E-state index contributed by atoms with van der Waals surface area (Å²) in [7, 11) is 2.80. The highest BCUT2D eigenvalue weighted by Gasteiger charge is 2.05. The number of ether oxygens (including phenoxy) is 2. The number of hydrogen-bond acceptors (Lipinski definition) is 8. The molecule has 0 bridgehead atoms. The third-order valence-corrected chi connectivity index (χ3v) is 10.1. The second-order valence-corrected chi connectivity index (χ2v) is 14.1. The van der Waals surface area contributed by atoms with Crippen molar-refractivity contribution in [1.29, 1.82) is 0 Å². The SMILES string of the molecule is COC(=O)CCCSc1ccc(Cl)c(CBr)c1.COC(=O)CCCSc1ccc(Cl)c(CO)c1.OCc1cc(I)ccc1Cl. The van der Waals surface area contributed by atoms with Crippen LogP contribution in [0, 0.1) is 3.57 Å². The van der Waals surface area contributed by atoms with Gasteiger partial charge >= 0.3 is 11.9 Å². The first-order valence-electron chi connectivity index (χ1n) is 13.3. The lowest BCUT2D eigenvalue weighted by molar-refractivity contribution is -0.141. The Labute approximate surface area is 305 Å². The van der Waals surface area contributed by atoms with Gasteiger partial charge in [0.05, 0.1) is 27.4 Å². The fourth-order valence-electron chi connectivity index (χ4n) is 3.19. The van der Waals surface area contributed by atoms with E-state index in [1.165, 1.54) is 19.1 Å². The van der Waals surface area contributed by atoms with Crippen molar-refractivity contribution in [3.63, 3.8) is 0 Å². The first-order valence-corrected chi connectivity index (χ1v) is 18.6. The van der Waals surface area contributed by atoms with E-state index in [0.29, 0.717) is 22.9 Å². The fraction of sp³-hybridized carbons (Fsp3) is 0.355. The number of rotatable bonds is 13. The van der Waals surface area contributed by atoms with Gasteiger partial charge < -0.3 is 19.7 Å². The molecule has 0 aromatic heterocycles. The number of benzene rings is 3. The summed E-state index contributed by atoms with van der Waals surface area (Å²) in [5.74, 6) is 1.40. The molecule has 13 heteroatoms. The van der Waals surface area contributed by atoms with Gasteiger partial charge in [-0.15, -0.1) is 23.5 Å². The summed E-state index contributed by atoms with van der Waals surface area (Å²) < 4.78 is 10.2. The molecule has 0 aliphatic rings. The van der Waals surface area contributed by atoms with Crippen LogP contribution in [0.1, 0.15) is 42.4 Å². The van der Waals surface area contributed by atoms with Crippen LogP contribution in [-0.2, 0) is 37.6 Å². The third-order valence-electron chi connectivity index (χ3n) is 5.57. The van der Waals surface area contributed by atoms with Crippen molar-refractivity contribution >= 4 is 109 Å². The van der Waals surface area contributed by atoms with Gasteiger partial charge in [-0.05, 0) is 118 Å². The normalized spacial score (nSPS) is 10.2. The maximum absolute atomic E-state index is 10.9. The number of thioether (sulfide) groups is 2. The average molecular weight is 881 g/mol. The second kappa shape index (κ2) is 24.5. The van der Waals surface area contributed by atoms with Crippen LogP contribution in [0.3, 0.4) is 0 Å². The molecule has 44 heavy (non-hydrogen) atoms. The van der Waals surface area contributed by atoms with Crippen LogP contribution in [-0.4, -0.2) is 47.9 Å². The van der Waals surface area contributed by atoms with Gasteiger partial charge in [0.15, 0.2) is 0 Å². The number of carbonyl (C=O) groups is 2. The van der Waals surface area contributed by atoms with Gasteiger partial charge in [-0.1, -0.05) is 50.7 Å². The Morgan fingerprint density at radius 3 is 1.55 bits per heavy atom. The standard InChI is InChI=1S/C12H14BrClO2S.C12H15ClO3S.C7H6ClIO/c1-16-12(15)3-2-6-17-10-4-5-11(14)9(7-10)8-13;1-16-12(15)3-2-6-17-10-4-5-11(13)9(7-10)8-14;8-7-2-1-6(9)3-5(7)4-10/h4-5,7H,2-3,6,8H2,1H3;4-5,7,14H,2-3,6,8H2,1H3;1-3,10H,4H2. The molecule has 3 aromatic rings. The fourth-order valence-corrected chi connectivity index (χ4v) is 6.74. The van der Waals surface area contributed by atoms with E-state index in [9.17, 15) is 9.59 Å². The minimum Gasteiger partial charge on any atom is -0.469 e. The smallest absolute Gasteiger partial charge is 0.305 e. The predicted octanol–water partition coefficient (Wildman–Crippen LogP) is 9.59. The maximum atomic E-state index is 10.9. The second-order valence-electron chi connectivity index (χ2n) is 8.75. The van der Waals surface area contributed by atoms with E-state index in [0.717, 1.165) is 59.9 Å². The number of halogens is 5. The monoisotopic (exact) mass is 878 g/mol. The molecular formula is C31H35BrCl3IO6S2. The van der Waals surface area contributed by atoms with Crippen LogP contribution in [0.15, 0.2) is 64.4 Å². The van der Waals surface area contributed by atoms with Crippen LogP contribution in [0.25, 0.3) is 0 Å². The first-order chi connectivity index (χ1) is 21.1. The van der Waals surface area contributed by atoms with Crippen molar-refractivity contribution in [3.05, 3.63) is 89.9 Å². The Bertz CT molecular complexity index is 1250. The largest absolute Gasteiger partial charge is 0.469 e. The third kappa shape index (κ3) is 17.3. The van der Waals surface area contributed by atoms with E-state index < -0.39 is 0 Å². The molecule has 0 saturated carbocycles. The van der Waals surface area contributed by atoms with Gasteiger partial charge in [-0.25, -0.2) is 0 Å². The average Bonchev–Trinajstić information content (AvgIpc) is 3.04. The molecule has 0 saturated heterocycles. The van der Waals surface area contributed by atoms with Crippen molar-refractivity contribution < 1.29 is 29.3 Å². The molecule has 0 aliphatic heterocycles. The van der Waals surface area contributed by atoms with Crippen molar-refractivity contribution in [2.45, 2.75) is 54.0 Å². The van der Waals surface area contributed by atoms with Crippen LogP contribution < -0.4 is 0 Å². The molecule has 0 aliphatic carbocycles. The van der Waals surface area contributed by atoms with Crippen molar-refractivity contribution in [2.75, 3.05) is 25.7 Å². The van der Waals surface area contributed by atoms with E-state index >= 15 is 0 Å². The van der Waals surface area contributed by atoms with Gasteiger partial charge in [0.25, 0.3) is 0 Å². The molecule has 0 amide bonds. The van der Waals surface area contributed by atoms with Gasteiger partial charge in [0.1, 0.15) is 0 Å². The molecule has 3 aromatic carbocycles. The Morgan fingerprint density at radius 1 is 0.727 bits per heavy atom. The molecular weight excluding hydrogens is 846 g/mol. The molecule has 0 fully saturated rings. The quantitative estimate of drug-likeness (QED) is 0.0577. The van der Waals surface area contributed by atoms with Crippen LogP contribution in [0.4, 0.5) is 0 Å². The zero-order chi connectivity index (χ0) is 32.9. The van der Waals surface area contributed by atoms with Gasteiger partial charge in [0.2, 0.25) is 0 Å². The van der Waals surface area contributed by atoms with Crippen LogP contribution >= 0.6 is 96.8 Å². The minimum atomic E-state index is -0.183. The molecule has 0 atom stereocenters. The summed E-state index contributed by atoms with van der Waals surface area (Å²) in [5.41, 5.74) is 2.60.